The van der Waals surface area contributed by atoms with Crippen molar-refractivity contribution in [1.82, 2.24) is 9.97 Å². The van der Waals surface area contributed by atoms with E-state index in [9.17, 15) is 0 Å². The van der Waals surface area contributed by atoms with Crippen LogP contribution in [0.3, 0.4) is 0 Å². The molecule has 2 N–H and O–H groups in total. The first-order valence-electron chi connectivity index (χ1n) is 9.34. The first-order valence-corrected chi connectivity index (χ1v) is 9.34. The molecule has 1 aromatic heterocycles. The van der Waals surface area contributed by atoms with Gasteiger partial charge in [0.2, 0.25) is 5.95 Å². The van der Waals surface area contributed by atoms with Gasteiger partial charge in [0.05, 0.1) is 5.69 Å². The van der Waals surface area contributed by atoms with E-state index in [1.54, 1.807) is 0 Å². The summed E-state index contributed by atoms with van der Waals surface area (Å²) < 4.78 is 0. The molecule has 4 heteroatoms. The molecule has 0 spiro atoms. The molecular formula is C20H26N4. The molecule has 1 aromatic carbocycles. The van der Waals surface area contributed by atoms with E-state index < -0.39 is 0 Å². The van der Waals surface area contributed by atoms with Crippen LogP contribution < -0.4 is 10.6 Å². The maximum Gasteiger partial charge on any atom is 0.225 e. The van der Waals surface area contributed by atoms with Gasteiger partial charge in [-0.15, -0.1) is 0 Å². The lowest BCUT2D eigenvalue weighted by Gasteiger charge is -2.18. The zero-order valence-electron chi connectivity index (χ0n) is 14.2. The lowest BCUT2D eigenvalue weighted by molar-refractivity contribution is 0.617. The second kappa shape index (κ2) is 7.20. The fourth-order valence-electron chi connectivity index (χ4n) is 3.39. The molecule has 2 aliphatic carbocycles. The van der Waals surface area contributed by atoms with Gasteiger partial charge in [0.15, 0.2) is 0 Å². The van der Waals surface area contributed by atoms with E-state index >= 15 is 0 Å². The van der Waals surface area contributed by atoms with Gasteiger partial charge in [-0.05, 0) is 25.7 Å². The number of nitrogens with one attached hydrogen (secondary N) is 2. The van der Waals surface area contributed by atoms with Crippen molar-refractivity contribution in [1.29, 1.82) is 0 Å². The Morgan fingerprint density at radius 1 is 0.750 bits per heavy atom. The predicted octanol–water partition coefficient (Wildman–Crippen LogP) is 4.85. The number of hydrogen-bond donors (Lipinski definition) is 2. The van der Waals surface area contributed by atoms with Crippen LogP contribution in [0.15, 0.2) is 36.4 Å². The Bertz CT molecular complexity index is 659. The molecule has 4 nitrogen and oxygen atoms in total. The molecular weight excluding hydrogens is 296 g/mol. The van der Waals surface area contributed by atoms with E-state index in [0.717, 1.165) is 23.0 Å². The van der Waals surface area contributed by atoms with Crippen molar-refractivity contribution in [3.8, 4) is 11.3 Å². The maximum atomic E-state index is 4.73. The zero-order valence-corrected chi connectivity index (χ0v) is 14.2. The minimum atomic E-state index is 0.541. The largest absolute Gasteiger partial charge is 0.367 e. The van der Waals surface area contributed by atoms with Crippen molar-refractivity contribution in [2.24, 2.45) is 0 Å². The number of benzene rings is 1. The Balaban J connectivity index is 1.59. The number of rotatable bonds is 5. The maximum absolute atomic E-state index is 4.73. The molecule has 2 saturated carbocycles. The molecule has 0 amide bonds. The second-order valence-corrected chi connectivity index (χ2v) is 7.08. The Morgan fingerprint density at radius 3 is 2.17 bits per heavy atom. The highest BCUT2D eigenvalue weighted by molar-refractivity contribution is 5.64. The summed E-state index contributed by atoms with van der Waals surface area (Å²) in [7, 11) is 0. The molecule has 126 valence electrons. The quantitative estimate of drug-likeness (QED) is 0.772. The normalized spacial score (nSPS) is 18.8. The molecule has 0 unspecified atom stereocenters. The van der Waals surface area contributed by atoms with E-state index in [4.69, 9.17) is 9.97 Å². The van der Waals surface area contributed by atoms with Crippen LogP contribution in [0.4, 0.5) is 11.8 Å². The molecule has 2 aliphatic rings. The van der Waals surface area contributed by atoms with Gasteiger partial charge in [-0.25, -0.2) is 4.98 Å². The molecule has 0 bridgehead atoms. The topological polar surface area (TPSA) is 49.8 Å². The van der Waals surface area contributed by atoms with Crippen LogP contribution in [0.5, 0.6) is 0 Å². The number of hydrogen-bond acceptors (Lipinski definition) is 4. The zero-order chi connectivity index (χ0) is 16.2. The van der Waals surface area contributed by atoms with E-state index in [0.29, 0.717) is 12.1 Å². The number of nitrogens with zero attached hydrogens (tertiary/aromatic N) is 2. The van der Waals surface area contributed by atoms with Crippen LogP contribution in [-0.4, -0.2) is 22.1 Å². The smallest absolute Gasteiger partial charge is 0.225 e. The molecule has 4 rings (SSSR count). The number of anilines is 2. The Labute approximate surface area is 144 Å². The van der Waals surface area contributed by atoms with Gasteiger partial charge < -0.3 is 10.6 Å². The lowest BCUT2D eigenvalue weighted by atomic mass is 10.1. The summed E-state index contributed by atoms with van der Waals surface area (Å²) in [5.41, 5.74) is 2.13. The minimum Gasteiger partial charge on any atom is -0.367 e. The second-order valence-electron chi connectivity index (χ2n) is 7.08. The third-order valence-electron chi connectivity index (χ3n) is 4.91. The first-order chi connectivity index (χ1) is 11.9. The summed E-state index contributed by atoms with van der Waals surface area (Å²) in [6.45, 7) is 0. The summed E-state index contributed by atoms with van der Waals surface area (Å²) in [5.74, 6) is 1.72. The Hall–Kier alpha value is -2.10. The highest BCUT2D eigenvalue weighted by atomic mass is 15.2. The van der Waals surface area contributed by atoms with Crippen molar-refractivity contribution in [3.63, 3.8) is 0 Å². The van der Waals surface area contributed by atoms with Gasteiger partial charge in [-0.2, -0.15) is 4.98 Å². The summed E-state index contributed by atoms with van der Waals surface area (Å²) in [6.07, 6.45) is 10.3. The average Bonchev–Trinajstić information content (AvgIpc) is 3.44. The van der Waals surface area contributed by atoms with Crippen molar-refractivity contribution in [2.45, 2.75) is 63.5 Å². The molecule has 0 radical (unpaired) electrons. The highest BCUT2D eigenvalue weighted by Gasteiger charge is 2.23. The van der Waals surface area contributed by atoms with Crippen LogP contribution >= 0.6 is 0 Å². The SMILES string of the molecule is c1ccc(-c2cc(NC3CCCCCC3)nc(NC3CC3)n2)cc1. The Kier molecular flexibility index (Phi) is 4.63. The molecule has 0 saturated heterocycles. The molecule has 0 atom stereocenters. The summed E-state index contributed by atoms with van der Waals surface area (Å²) in [4.78, 5) is 9.46. The van der Waals surface area contributed by atoms with Crippen LogP contribution in [0.1, 0.15) is 51.4 Å². The van der Waals surface area contributed by atoms with Crippen LogP contribution in [0, 0.1) is 0 Å². The Morgan fingerprint density at radius 2 is 1.46 bits per heavy atom. The predicted molar refractivity (Wildman–Crippen MR) is 99.2 cm³/mol. The fraction of sp³-hybridized carbons (Fsp3) is 0.500. The van der Waals surface area contributed by atoms with E-state index in [2.05, 4.69) is 41.0 Å². The minimum absolute atomic E-state index is 0.541. The average molecular weight is 322 g/mol. The van der Waals surface area contributed by atoms with Crippen molar-refractivity contribution >= 4 is 11.8 Å². The van der Waals surface area contributed by atoms with Crippen LogP contribution in [0.25, 0.3) is 11.3 Å². The third kappa shape index (κ3) is 4.05. The molecule has 2 aromatic rings. The van der Waals surface area contributed by atoms with Gasteiger partial charge in [-0.3, -0.25) is 0 Å². The van der Waals surface area contributed by atoms with Gasteiger partial charge >= 0.3 is 0 Å². The van der Waals surface area contributed by atoms with Gasteiger partial charge in [0.25, 0.3) is 0 Å². The fourth-order valence-corrected chi connectivity index (χ4v) is 3.39. The van der Waals surface area contributed by atoms with Gasteiger partial charge in [0, 0.05) is 23.7 Å². The first kappa shape index (κ1) is 15.4. The highest BCUT2D eigenvalue weighted by Crippen LogP contribution is 2.27. The van der Waals surface area contributed by atoms with Crippen LogP contribution in [-0.2, 0) is 0 Å². The standard InChI is InChI=1S/C20H26N4/c1-2-7-11-16(10-6-1)21-19-14-18(15-8-4-3-5-9-15)23-20(24-19)22-17-12-13-17/h3-5,8-9,14,16-17H,1-2,6-7,10-13H2,(H2,21,22,23,24). The molecule has 1 heterocycles. The van der Waals surface area contributed by atoms with Gasteiger partial charge in [0.1, 0.15) is 5.82 Å². The van der Waals surface area contributed by atoms with E-state index in [1.807, 2.05) is 6.07 Å². The lowest BCUT2D eigenvalue weighted by Crippen LogP contribution is -2.20. The van der Waals surface area contributed by atoms with E-state index in [-0.39, 0.29) is 0 Å². The summed E-state index contributed by atoms with van der Waals surface area (Å²) in [5, 5.41) is 7.13. The van der Waals surface area contributed by atoms with E-state index in [1.165, 1.54) is 51.4 Å². The summed E-state index contributed by atoms with van der Waals surface area (Å²) >= 11 is 0. The monoisotopic (exact) mass is 322 g/mol. The molecule has 24 heavy (non-hydrogen) atoms. The summed E-state index contributed by atoms with van der Waals surface area (Å²) in [6, 6.07) is 13.6. The third-order valence-corrected chi connectivity index (χ3v) is 4.91. The van der Waals surface area contributed by atoms with Crippen molar-refractivity contribution < 1.29 is 0 Å². The molecule has 2 fully saturated rings. The van der Waals surface area contributed by atoms with Gasteiger partial charge in [-0.1, -0.05) is 56.0 Å². The number of aromatic nitrogens is 2. The van der Waals surface area contributed by atoms with Crippen LogP contribution in [0.2, 0.25) is 0 Å². The van der Waals surface area contributed by atoms with Crippen molar-refractivity contribution in [2.75, 3.05) is 10.6 Å². The molecule has 0 aliphatic heterocycles. The van der Waals surface area contributed by atoms with Crippen molar-refractivity contribution in [3.05, 3.63) is 36.4 Å².